The van der Waals surface area contributed by atoms with Crippen molar-refractivity contribution in [2.24, 2.45) is 5.73 Å². The lowest BCUT2D eigenvalue weighted by Gasteiger charge is -2.17. The molecule has 0 aliphatic heterocycles. The van der Waals surface area contributed by atoms with Crippen molar-refractivity contribution in [3.63, 3.8) is 0 Å². The second-order valence-corrected chi connectivity index (χ2v) is 4.44. The SMILES string of the molecule is CCOC(=O)[C@H](Cc1ccc(O)c(OP)c1)NC(=O)CN. The van der Waals surface area contributed by atoms with Crippen LogP contribution in [0, 0.1) is 0 Å². The van der Waals surface area contributed by atoms with Crippen molar-refractivity contribution in [3.8, 4) is 11.5 Å². The van der Waals surface area contributed by atoms with Gasteiger partial charge in [0.2, 0.25) is 5.91 Å². The number of ether oxygens (including phenoxy) is 1. The molecule has 1 aromatic rings. The molecule has 1 aromatic carbocycles. The molecular weight excluding hydrogens is 295 g/mol. The standard InChI is InChI=1S/C13H19N2O5P/c1-2-19-13(18)9(15-12(17)7-14)5-8-3-4-10(16)11(6-8)20-21/h3-4,6,9,16H,2,5,7,14,21H2,1H3,(H,15,17)/t9-/m0/s1. The highest BCUT2D eigenvalue weighted by Crippen LogP contribution is 2.28. The lowest BCUT2D eigenvalue weighted by atomic mass is 10.1. The second-order valence-electron chi connectivity index (χ2n) is 4.20. The van der Waals surface area contributed by atoms with E-state index in [1.54, 1.807) is 19.1 Å². The fraction of sp³-hybridized carbons (Fsp3) is 0.385. The number of nitrogens with one attached hydrogen (secondary N) is 1. The fourth-order valence-electron chi connectivity index (χ4n) is 1.71. The van der Waals surface area contributed by atoms with E-state index in [1.165, 1.54) is 6.07 Å². The molecule has 1 unspecified atom stereocenters. The molecule has 8 heteroatoms. The van der Waals surface area contributed by atoms with Gasteiger partial charge in [0.05, 0.1) is 22.6 Å². The average molecular weight is 314 g/mol. The van der Waals surface area contributed by atoms with E-state index < -0.39 is 17.9 Å². The Hall–Kier alpha value is -1.85. The predicted octanol–water partition coefficient (Wildman–Crippen LogP) is 0.110. The third-order valence-electron chi connectivity index (χ3n) is 2.68. The van der Waals surface area contributed by atoms with E-state index >= 15 is 0 Å². The smallest absolute Gasteiger partial charge is 0.328 e. The number of nitrogens with two attached hydrogens (primary N) is 1. The molecule has 0 spiro atoms. The molecule has 0 heterocycles. The fourth-order valence-corrected chi connectivity index (χ4v) is 1.89. The highest BCUT2D eigenvalue weighted by molar-refractivity contribution is 7.10. The van der Waals surface area contributed by atoms with Crippen LogP contribution >= 0.6 is 9.47 Å². The van der Waals surface area contributed by atoms with E-state index in [0.717, 1.165) is 0 Å². The number of phenols is 1. The van der Waals surface area contributed by atoms with E-state index in [9.17, 15) is 14.7 Å². The van der Waals surface area contributed by atoms with Crippen LogP contribution in [0.25, 0.3) is 0 Å². The highest BCUT2D eigenvalue weighted by Gasteiger charge is 2.22. The Balaban J connectivity index is 2.89. The first-order valence-electron chi connectivity index (χ1n) is 6.36. The summed E-state index contributed by atoms with van der Waals surface area (Å²) in [6.07, 6.45) is 0.200. The maximum atomic E-state index is 11.9. The number of aromatic hydroxyl groups is 1. The summed E-state index contributed by atoms with van der Waals surface area (Å²) in [5, 5.41) is 12.0. The number of carbonyl (C=O) groups excluding carboxylic acids is 2. The van der Waals surface area contributed by atoms with Crippen molar-refractivity contribution in [2.75, 3.05) is 13.2 Å². The van der Waals surface area contributed by atoms with E-state index in [-0.39, 0.29) is 31.1 Å². The van der Waals surface area contributed by atoms with Gasteiger partial charge in [-0.1, -0.05) is 6.07 Å². The van der Waals surface area contributed by atoms with Crippen molar-refractivity contribution in [1.82, 2.24) is 5.32 Å². The van der Waals surface area contributed by atoms with Gasteiger partial charge in [-0.25, -0.2) is 4.79 Å². The van der Waals surface area contributed by atoms with Gasteiger partial charge in [-0.15, -0.1) is 0 Å². The third-order valence-corrected chi connectivity index (χ3v) is 2.94. The lowest BCUT2D eigenvalue weighted by Crippen LogP contribution is -2.45. The number of hydrogen-bond acceptors (Lipinski definition) is 6. The molecule has 4 N–H and O–H groups in total. The van der Waals surface area contributed by atoms with E-state index in [4.69, 9.17) is 15.0 Å². The third kappa shape index (κ3) is 5.21. The van der Waals surface area contributed by atoms with E-state index in [2.05, 4.69) is 5.32 Å². The molecule has 0 aliphatic rings. The monoisotopic (exact) mass is 314 g/mol. The van der Waals surface area contributed by atoms with Crippen LogP contribution in [-0.2, 0) is 20.7 Å². The minimum absolute atomic E-state index is 0.0209. The van der Waals surface area contributed by atoms with Crippen LogP contribution in [0.3, 0.4) is 0 Å². The Morgan fingerprint density at radius 3 is 2.76 bits per heavy atom. The van der Waals surface area contributed by atoms with E-state index in [0.29, 0.717) is 5.56 Å². The molecule has 116 valence electrons. The summed E-state index contributed by atoms with van der Waals surface area (Å²) in [6, 6.07) is 3.80. The normalized spacial score (nSPS) is 11.6. The molecule has 0 aromatic heterocycles. The summed E-state index contributed by atoms with van der Waals surface area (Å²) in [6.45, 7) is 1.68. The number of hydrogen-bond donors (Lipinski definition) is 3. The van der Waals surface area contributed by atoms with Gasteiger partial charge in [-0.3, -0.25) is 4.79 Å². The number of carbonyl (C=O) groups is 2. The molecule has 0 saturated heterocycles. The van der Waals surface area contributed by atoms with Gasteiger partial charge >= 0.3 is 5.97 Å². The molecular formula is C13H19N2O5P. The zero-order valence-corrected chi connectivity index (χ0v) is 12.8. The number of rotatable bonds is 7. The lowest BCUT2D eigenvalue weighted by molar-refractivity contribution is -0.147. The quantitative estimate of drug-likeness (QED) is 0.486. The first kappa shape index (κ1) is 17.2. The first-order chi connectivity index (χ1) is 10.0. The first-order valence-corrected chi connectivity index (χ1v) is 6.83. The van der Waals surface area contributed by atoms with Gasteiger partial charge in [0, 0.05) is 6.42 Å². The molecule has 2 atom stereocenters. The van der Waals surface area contributed by atoms with Crippen LogP contribution in [0.1, 0.15) is 12.5 Å². The Kier molecular flexibility index (Phi) is 6.91. The van der Waals surface area contributed by atoms with Gasteiger partial charge in [0.15, 0.2) is 11.5 Å². The van der Waals surface area contributed by atoms with Crippen molar-refractivity contribution in [2.45, 2.75) is 19.4 Å². The molecule has 0 aliphatic carbocycles. The van der Waals surface area contributed by atoms with Crippen LogP contribution in [0.15, 0.2) is 18.2 Å². The maximum absolute atomic E-state index is 11.9. The number of benzene rings is 1. The van der Waals surface area contributed by atoms with Crippen LogP contribution in [0.5, 0.6) is 11.5 Å². The van der Waals surface area contributed by atoms with Crippen LogP contribution < -0.4 is 15.6 Å². The Labute approximate surface area is 125 Å². The van der Waals surface area contributed by atoms with E-state index in [1.807, 2.05) is 9.47 Å². The van der Waals surface area contributed by atoms with Gasteiger partial charge in [-0.2, -0.15) is 0 Å². The molecule has 1 rings (SSSR count). The van der Waals surface area contributed by atoms with Crippen LogP contribution in [-0.4, -0.2) is 36.2 Å². The molecule has 21 heavy (non-hydrogen) atoms. The molecule has 1 amide bonds. The zero-order valence-electron chi connectivity index (χ0n) is 11.7. The number of esters is 1. The van der Waals surface area contributed by atoms with Crippen molar-refractivity contribution < 1.29 is 24.0 Å². The Bertz CT molecular complexity index is 509. The zero-order chi connectivity index (χ0) is 15.8. The summed E-state index contributed by atoms with van der Waals surface area (Å²) < 4.78 is 9.84. The molecule has 0 bridgehead atoms. The largest absolute Gasteiger partial charge is 0.504 e. The number of phenolic OH excluding ortho intramolecular Hbond substituents is 1. The average Bonchev–Trinajstić information content (AvgIpc) is 2.48. The van der Waals surface area contributed by atoms with Crippen molar-refractivity contribution in [3.05, 3.63) is 23.8 Å². The minimum Gasteiger partial charge on any atom is -0.504 e. The summed E-state index contributed by atoms with van der Waals surface area (Å²) in [5.74, 6) is -0.757. The predicted molar refractivity (Wildman–Crippen MR) is 79.8 cm³/mol. The van der Waals surface area contributed by atoms with Gasteiger partial charge in [-0.05, 0) is 24.6 Å². The van der Waals surface area contributed by atoms with Gasteiger partial charge in [0.25, 0.3) is 0 Å². The maximum Gasteiger partial charge on any atom is 0.328 e. The van der Waals surface area contributed by atoms with Crippen LogP contribution in [0.4, 0.5) is 0 Å². The Morgan fingerprint density at radius 2 is 2.19 bits per heavy atom. The molecule has 0 saturated carbocycles. The summed E-state index contributed by atoms with van der Waals surface area (Å²) in [4.78, 5) is 23.2. The molecule has 0 radical (unpaired) electrons. The summed E-state index contributed by atoms with van der Waals surface area (Å²) in [5.41, 5.74) is 5.93. The summed E-state index contributed by atoms with van der Waals surface area (Å²) in [7, 11) is 2.03. The highest BCUT2D eigenvalue weighted by atomic mass is 31.0. The van der Waals surface area contributed by atoms with Crippen molar-refractivity contribution >= 4 is 21.3 Å². The molecule has 0 fully saturated rings. The Morgan fingerprint density at radius 1 is 1.48 bits per heavy atom. The number of amides is 1. The second kappa shape index (κ2) is 8.44. The molecule has 7 nitrogen and oxygen atoms in total. The minimum atomic E-state index is -0.845. The topological polar surface area (TPSA) is 111 Å². The van der Waals surface area contributed by atoms with Crippen molar-refractivity contribution in [1.29, 1.82) is 0 Å². The van der Waals surface area contributed by atoms with Gasteiger partial charge < -0.3 is 25.4 Å². The summed E-state index contributed by atoms with van der Waals surface area (Å²) >= 11 is 0. The van der Waals surface area contributed by atoms with Crippen LogP contribution in [0.2, 0.25) is 0 Å². The van der Waals surface area contributed by atoms with Gasteiger partial charge in [0.1, 0.15) is 6.04 Å².